The van der Waals surface area contributed by atoms with Crippen molar-refractivity contribution in [1.82, 2.24) is 25.6 Å². The highest BCUT2D eigenvalue weighted by Gasteiger charge is 2.12. The van der Waals surface area contributed by atoms with Crippen LogP contribution in [-0.4, -0.2) is 42.4 Å². The summed E-state index contributed by atoms with van der Waals surface area (Å²) in [6.45, 7) is 0. The fourth-order valence-corrected chi connectivity index (χ4v) is 1.28. The van der Waals surface area contributed by atoms with Gasteiger partial charge >= 0.3 is 5.97 Å². The van der Waals surface area contributed by atoms with Crippen LogP contribution in [-0.2, 0) is 4.79 Å². The van der Waals surface area contributed by atoms with Gasteiger partial charge in [0.1, 0.15) is 5.75 Å². The average molecular weight is 227 g/mol. The molecule has 0 saturated carbocycles. The van der Waals surface area contributed by atoms with Crippen LogP contribution in [0.15, 0.2) is 15.8 Å². The van der Waals surface area contributed by atoms with Crippen molar-refractivity contribution >= 4 is 17.7 Å². The zero-order chi connectivity index (χ0) is 10.7. The second-order valence-electron chi connectivity index (χ2n) is 2.41. The largest absolute Gasteiger partial charge is 0.481 e. The number of carboxylic acid groups (broad SMARTS) is 1. The molecule has 78 valence electrons. The Hall–Kier alpha value is -1.90. The van der Waals surface area contributed by atoms with Crippen LogP contribution >= 0.6 is 11.8 Å². The van der Waals surface area contributed by atoms with E-state index in [-0.39, 0.29) is 16.9 Å². The van der Waals surface area contributed by atoms with Crippen molar-refractivity contribution in [3.8, 4) is 11.6 Å². The summed E-state index contributed by atoms with van der Waals surface area (Å²) in [6.07, 6.45) is 1.43. The number of hydrogen-bond donors (Lipinski definition) is 2. The maximum absolute atomic E-state index is 10.3. The van der Waals surface area contributed by atoms with Gasteiger partial charge in [-0.05, 0) is 0 Å². The van der Waals surface area contributed by atoms with E-state index in [0.29, 0.717) is 5.69 Å². The first-order valence-corrected chi connectivity index (χ1v) is 4.78. The lowest BCUT2D eigenvalue weighted by atomic mass is 10.5. The summed E-state index contributed by atoms with van der Waals surface area (Å²) in [4.78, 5) is 10.3. The third kappa shape index (κ3) is 2.31. The first-order valence-electron chi connectivity index (χ1n) is 3.80. The van der Waals surface area contributed by atoms with Crippen LogP contribution in [0.3, 0.4) is 0 Å². The lowest BCUT2D eigenvalue weighted by Gasteiger charge is -1.88. The molecule has 2 heterocycles. The summed E-state index contributed by atoms with van der Waals surface area (Å²) >= 11 is 0.948. The number of hydrogen-bond acceptors (Lipinski definition) is 7. The van der Waals surface area contributed by atoms with Gasteiger partial charge in [-0.15, -0.1) is 10.2 Å². The lowest BCUT2D eigenvalue weighted by Crippen LogP contribution is -1.97. The summed E-state index contributed by atoms with van der Waals surface area (Å²) in [5.74, 6) is -0.863. The summed E-state index contributed by atoms with van der Waals surface area (Å²) < 4.78 is 5.13. The maximum Gasteiger partial charge on any atom is 0.314 e. The van der Waals surface area contributed by atoms with E-state index in [1.165, 1.54) is 6.20 Å². The fourth-order valence-electron chi connectivity index (χ4n) is 0.800. The minimum atomic E-state index is -0.943. The van der Waals surface area contributed by atoms with Gasteiger partial charge in [-0.25, -0.2) is 0 Å². The van der Waals surface area contributed by atoms with E-state index in [2.05, 4.69) is 25.6 Å². The predicted octanol–water partition coefficient (Wildman–Crippen LogP) is 0.0314. The van der Waals surface area contributed by atoms with Crippen LogP contribution in [0.25, 0.3) is 11.6 Å². The number of thioether (sulfide) groups is 1. The third-order valence-electron chi connectivity index (χ3n) is 1.36. The van der Waals surface area contributed by atoms with Gasteiger partial charge in [0.2, 0.25) is 0 Å². The van der Waals surface area contributed by atoms with Gasteiger partial charge in [0.15, 0.2) is 5.69 Å². The fraction of sp³-hybridized carbons (Fsp3) is 0.167. The molecule has 0 fully saturated rings. The Kier molecular flexibility index (Phi) is 2.63. The Morgan fingerprint density at radius 1 is 1.60 bits per heavy atom. The molecule has 0 saturated heterocycles. The van der Waals surface area contributed by atoms with Gasteiger partial charge < -0.3 is 9.52 Å². The molecule has 0 amide bonds. The topological polar surface area (TPSA) is 118 Å². The molecule has 15 heavy (non-hydrogen) atoms. The molecule has 0 atom stereocenters. The van der Waals surface area contributed by atoms with E-state index in [4.69, 9.17) is 9.52 Å². The van der Waals surface area contributed by atoms with Gasteiger partial charge in [0, 0.05) is 0 Å². The van der Waals surface area contributed by atoms with Crippen molar-refractivity contribution in [1.29, 1.82) is 0 Å². The van der Waals surface area contributed by atoms with E-state index in [9.17, 15) is 4.79 Å². The highest BCUT2D eigenvalue weighted by Crippen LogP contribution is 2.20. The third-order valence-corrected chi connectivity index (χ3v) is 2.16. The molecule has 0 aliphatic carbocycles. The number of rotatable bonds is 4. The minimum Gasteiger partial charge on any atom is -0.481 e. The Balaban J connectivity index is 2.08. The molecule has 2 rings (SSSR count). The molecule has 2 N–H and O–H groups in total. The van der Waals surface area contributed by atoms with Gasteiger partial charge in [0.05, 0.1) is 6.20 Å². The molecule has 8 nitrogen and oxygen atoms in total. The number of aromatic amines is 1. The first kappa shape index (κ1) is 9.65. The van der Waals surface area contributed by atoms with Gasteiger partial charge in [0.25, 0.3) is 11.1 Å². The highest BCUT2D eigenvalue weighted by atomic mass is 32.2. The van der Waals surface area contributed by atoms with Crippen molar-refractivity contribution in [2.75, 3.05) is 5.75 Å². The van der Waals surface area contributed by atoms with E-state index >= 15 is 0 Å². The van der Waals surface area contributed by atoms with E-state index in [0.717, 1.165) is 11.8 Å². The first-order chi connectivity index (χ1) is 7.25. The highest BCUT2D eigenvalue weighted by molar-refractivity contribution is 7.99. The SMILES string of the molecule is O=C(O)CSc1nnc(-c2cn[nH]n2)o1. The van der Waals surface area contributed by atoms with Crippen molar-refractivity contribution < 1.29 is 14.3 Å². The summed E-state index contributed by atoms with van der Waals surface area (Å²) in [5, 5.41) is 25.7. The molecular weight excluding hydrogens is 222 g/mol. The van der Waals surface area contributed by atoms with Gasteiger partial charge in [-0.3, -0.25) is 4.79 Å². The number of aromatic nitrogens is 5. The van der Waals surface area contributed by atoms with E-state index < -0.39 is 5.97 Å². The Labute approximate surface area is 87.1 Å². The molecule has 9 heteroatoms. The maximum atomic E-state index is 10.3. The number of nitrogens with one attached hydrogen (secondary N) is 1. The second kappa shape index (κ2) is 4.09. The van der Waals surface area contributed by atoms with Crippen LogP contribution in [0.1, 0.15) is 0 Å². The van der Waals surface area contributed by atoms with Crippen LogP contribution in [0.2, 0.25) is 0 Å². The van der Waals surface area contributed by atoms with Crippen LogP contribution in [0.4, 0.5) is 0 Å². The molecule has 0 aliphatic rings. The molecule has 0 radical (unpaired) electrons. The summed E-state index contributed by atoms with van der Waals surface area (Å²) in [6, 6.07) is 0. The van der Waals surface area contributed by atoms with Gasteiger partial charge in [-0.2, -0.15) is 15.4 Å². The summed E-state index contributed by atoms with van der Waals surface area (Å²) in [5.41, 5.74) is 0.421. The van der Waals surface area contributed by atoms with Crippen LogP contribution in [0.5, 0.6) is 0 Å². The Morgan fingerprint density at radius 3 is 3.13 bits per heavy atom. The molecule has 0 aliphatic heterocycles. The quantitative estimate of drug-likeness (QED) is 0.702. The smallest absolute Gasteiger partial charge is 0.314 e. The van der Waals surface area contributed by atoms with E-state index in [1.54, 1.807) is 0 Å². The molecule has 0 bridgehead atoms. The minimum absolute atomic E-state index is 0.125. The Bertz CT molecular complexity index is 453. The standard InChI is InChI=1S/C6H5N5O3S/c12-4(13)2-15-6-10-9-5(14-6)3-1-7-11-8-3/h1H,2H2,(H,12,13)(H,7,8,11). The van der Waals surface area contributed by atoms with Crippen molar-refractivity contribution in [3.05, 3.63) is 6.20 Å². The molecule has 0 aromatic carbocycles. The Morgan fingerprint density at radius 2 is 2.47 bits per heavy atom. The van der Waals surface area contributed by atoms with Crippen molar-refractivity contribution in [2.45, 2.75) is 5.22 Å². The second-order valence-corrected chi connectivity index (χ2v) is 3.34. The normalized spacial score (nSPS) is 10.4. The average Bonchev–Trinajstić information content (AvgIpc) is 2.85. The summed E-state index contributed by atoms with van der Waals surface area (Å²) in [7, 11) is 0. The predicted molar refractivity (Wildman–Crippen MR) is 48.0 cm³/mol. The lowest BCUT2D eigenvalue weighted by molar-refractivity contribution is -0.133. The number of carboxylic acids is 1. The van der Waals surface area contributed by atoms with Gasteiger partial charge in [-0.1, -0.05) is 11.8 Å². The number of nitrogens with zero attached hydrogens (tertiary/aromatic N) is 4. The zero-order valence-electron chi connectivity index (χ0n) is 7.25. The molecule has 2 aromatic rings. The van der Waals surface area contributed by atoms with E-state index in [1.807, 2.05) is 0 Å². The monoisotopic (exact) mass is 227 g/mol. The van der Waals surface area contributed by atoms with Crippen molar-refractivity contribution in [2.24, 2.45) is 0 Å². The molecule has 2 aromatic heterocycles. The number of aliphatic carboxylic acids is 1. The van der Waals surface area contributed by atoms with Crippen LogP contribution in [0, 0.1) is 0 Å². The molecular formula is C6H5N5O3S. The molecule has 0 spiro atoms. The van der Waals surface area contributed by atoms with Crippen molar-refractivity contribution in [3.63, 3.8) is 0 Å². The van der Waals surface area contributed by atoms with Crippen LogP contribution < -0.4 is 0 Å². The number of carbonyl (C=O) groups is 1. The zero-order valence-corrected chi connectivity index (χ0v) is 8.06. The molecule has 0 unspecified atom stereocenters. The number of H-pyrrole nitrogens is 1.